The molecule has 140 valence electrons. The molecule has 0 radical (unpaired) electrons. The summed E-state index contributed by atoms with van der Waals surface area (Å²) in [5.74, 6) is -2.38. The zero-order chi connectivity index (χ0) is 19.8. The summed E-state index contributed by atoms with van der Waals surface area (Å²) in [7, 11) is 0. The van der Waals surface area contributed by atoms with Gasteiger partial charge in [-0.1, -0.05) is 36.2 Å². The number of carboxylic acid groups (broad SMARTS) is 2. The van der Waals surface area contributed by atoms with E-state index in [2.05, 4.69) is 0 Å². The molecule has 0 bridgehead atoms. The van der Waals surface area contributed by atoms with Gasteiger partial charge in [0.15, 0.2) is 0 Å². The van der Waals surface area contributed by atoms with Gasteiger partial charge in [0.1, 0.15) is 0 Å². The maximum atomic E-state index is 12.3. The standard InChI is InChI=1S/C19H21Cl2NO4/c1-5-19(16-12(20)8-7-9-13(16)21)14(17(23)24)10(3)22(6-2)11(4)15(19)18(25)26/h7-9H,5-6H2,1-4H3,(H,23,24)(H,25,26). The van der Waals surface area contributed by atoms with Crippen LogP contribution in [-0.4, -0.2) is 33.6 Å². The van der Waals surface area contributed by atoms with Crippen LogP contribution in [0.15, 0.2) is 40.7 Å². The van der Waals surface area contributed by atoms with E-state index in [0.29, 0.717) is 23.5 Å². The van der Waals surface area contributed by atoms with Gasteiger partial charge in [0.2, 0.25) is 0 Å². The number of hydrogen-bond donors (Lipinski definition) is 2. The number of halogens is 2. The number of carboxylic acids is 2. The van der Waals surface area contributed by atoms with Crippen LogP contribution in [0.25, 0.3) is 0 Å². The van der Waals surface area contributed by atoms with Gasteiger partial charge >= 0.3 is 11.9 Å². The molecule has 0 fully saturated rings. The number of hydrogen-bond acceptors (Lipinski definition) is 3. The fraction of sp³-hybridized carbons (Fsp3) is 0.368. The Morgan fingerprint density at radius 3 is 1.73 bits per heavy atom. The van der Waals surface area contributed by atoms with Gasteiger partial charge in [-0.15, -0.1) is 0 Å². The highest BCUT2D eigenvalue weighted by Crippen LogP contribution is 2.53. The highest BCUT2D eigenvalue weighted by molar-refractivity contribution is 6.36. The molecule has 1 heterocycles. The summed E-state index contributed by atoms with van der Waals surface area (Å²) in [4.78, 5) is 26.3. The second kappa shape index (κ2) is 7.33. The predicted octanol–water partition coefficient (Wildman–Crippen LogP) is 4.69. The molecule has 0 aliphatic carbocycles. The van der Waals surface area contributed by atoms with Crippen LogP contribution in [0.3, 0.4) is 0 Å². The quantitative estimate of drug-likeness (QED) is 0.752. The second-order valence-corrected chi connectivity index (χ2v) is 6.95. The third-order valence-electron chi connectivity index (χ3n) is 5.05. The molecule has 0 amide bonds. The van der Waals surface area contributed by atoms with E-state index < -0.39 is 17.4 Å². The highest BCUT2D eigenvalue weighted by Gasteiger charge is 2.52. The summed E-state index contributed by atoms with van der Waals surface area (Å²) in [5, 5.41) is 20.5. The van der Waals surface area contributed by atoms with Crippen LogP contribution in [0.2, 0.25) is 10.0 Å². The Morgan fingerprint density at radius 2 is 1.42 bits per heavy atom. The average Bonchev–Trinajstić information content (AvgIpc) is 2.53. The second-order valence-electron chi connectivity index (χ2n) is 6.13. The lowest BCUT2D eigenvalue weighted by atomic mass is 9.63. The fourth-order valence-corrected chi connectivity index (χ4v) is 4.82. The van der Waals surface area contributed by atoms with Gasteiger partial charge in [-0.2, -0.15) is 0 Å². The largest absolute Gasteiger partial charge is 0.478 e. The van der Waals surface area contributed by atoms with Crippen molar-refractivity contribution in [2.75, 3.05) is 6.54 Å². The molecule has 0 saturated carbocycles. The topological polar surface area (TPSA) is 77.8 Å². The molecule has 0 aromatic heterocycles. The van der Waals surface area contributed by atoms with Crippen molar-refractivity contribution in [1.82, 2.24) is 4.90 Å². The summed E-state index contributed by atoms with van der Waals surface area (Å²) < 4.78 is 0. The lowest BCUT2D eigenvalue weighted by Crippen LogP contribution is -2.45. The smallest absolute Gasteiger partial charge is 0.334 e. The van der Waals surface area contributed by atoms with Crippen LogP contribution in [0, 0.1) is 0 Å². The number of nitrogens with zero attached hydrogens (tertiary/aromatic N) is 1. The summed E-state index contributed by atoms with van der Waals surface area (Å²) in [6.07, 6.45) is 0.186. The molecular formula is C19H21Cl2NO4. The molecular weight excluding hydrogens is 377 g/mol. The van der Waals surface area contributed by atoms with Gasteiger partial charge in [0, 0.05) is 33.5 Å². The van der Waals surface area contributed by atoms with Crippen molar-refractivity contribution in [2.45, 2.75) is 39.5 Å². The molecule has 5 nitrogen and oxygen atoms in total. The molecule has 0 saturated heterocycles. The lowest BCUT2D eigenvalue weighted by molar-refractivity contribution is -0.134. The van der Waals surface area contributed by atoms with Gasteiger partial charge in [0.05, 0.1) is 16.6 Å². The number of carbonyl (C=O) groups is 2. The SMILES string of the molecule is CCN1C(C)=C(C(=O)O)C(CC)(c2c(Cl)cccc2Cl)C(C(=O)O)=C1C. The lowest BCUT2D eigenvalue weighted by Gasteiger charge is -2.44. The van der Waals surface area contributed by atoms with Crippen LogP contribution < -0.4 is 0 Å². The molecule has 1 aliphatic heterocycles. The Morgan fingerprint density at radius 1 is 1.00 bits per heavy atom. The molecule has 0 unspecified atom stereocenters. The minimum atomic E-state index is -1.45. The van der Waals surface area contributed by atoms with Crippen molar-refractivity contribution in [1.29, 1.82) is 0 Å². The summed E-state index contributed by atoms with van der Waals surface area (Å²) in [5.41, 5.74) is -0.192. The molecule has 0 atom stereocenters. The van der Waals surface area contributed by atoms with Crippen LogP contribution in [0.4, 0.5) is 0 Å². The van der Waals surface area contributed by atoms with Crippen molar-refractivity contribution in [3.8, 4) is 0 Å². The minimum Gasteiger partial charge on any atom is -0.478 e. The summed E-state index contributed by atoms with van der Waals surface area (Å²) >= 11 is 12.8. The van der Waals surface area contributed by atoms with E-state index in [-0.39, 0.29) is 27.6 Å². The van der Waals surface area contributed by atoms with E-state index in [1.54, 1.807) is 43.9 Å². The first-order valence-corrected chi connectivity index (χ1v) is 9.01. The first-order chi connectivity index (χ1) is 12.1. The Bertz CT molecular complexity index is 784. The van der Waals surface area contributed by atoms with Gasteiger partial charge in [-0.05, 0) is 39.3 Å². The highest BCUT2D eigenvalue weighted by atomic mass is 35.5. The zero-order valence-electron chi connectivity index (χ0n) is 15.1. The number of allylic oxidation sites excluding steroid dienone is 2. The minimum absolute atomic E-state index is 0.0140. The first kappa shape index (κ1) is 20.3. The zero-order valence-corrected chi connectivity index (χ0v) is 16.6. The Labute approximate surface area is 162 Å². The van der Waals surface area contributed by atoms with E-state index >= 15 is 0 Å². The normalized spacial score (nSPS) is 16.9. The van der Waals surface area contributed by atoms with Gasteiger partial charge in [-0.3, -0.25) is 0 Å². The molecule has 1 aliphatic rings. The molecule has 0 spiro atoms. The summed E-state index contributed by atoms with van der Waals surface area (Å²) in [6, 6.07) is 4.83. The molecule has 26 heavy (non-hydrogen) atoms. The molecule has 2 rings (SSSR count). The van der Waals surface area contributed by atoms with Crippen LogP contribution in [0.1, 0.15) is 39.7 Å². The Hall–Kier alpha value is -1.98. The maximum Gasteiger partial charge on any atom is 0.334 e. The van der Waals surface area contributed by atoms with Gasteiger partial charge in [-0.25, -0.2) is 9.59 Å². The van der Waals surface area contributed by atoms with Crippen molar-refractivity contribution < 1.29 is 19.8 Å². The van der Waals surface area contributed by atoms with E-state index in [0.717, 1.165) is 0 Å². The average molecular weight is 398 g/mol. The third kappa shape index (κ3) is 2.79. The molecule has 1 aromatic rings. The van der Waals surface area contributed by atoms with Crippen molar-refractivity contribution >= 4 is 35.1 Å². The Kier molecular flexibility index (Phi) is 5.73. The predicted molar refractivity (Wildman–Crippen MR) is 101 cm³/mol. The van der Waals surface area contributed by atoms with Crippen molar-refractivity contribution in [3.63, 3.8) is 0 Å². The number of aliphatic carboxylic acids is 2. The van der Waals surface area contributed by atoms with Gasteiger partial charge < -0.3 is 15.1 Å². The van der Waals surface area contributed by atoms with E-state index in [9.17, 15) is 19.8 Å². The number of rotatable bonds is 5. The Balaban J connectivity index is 3.10. The van der Waals surface area contributed by atoms with E-state index in [4.69, 9.17) is 23.2 Å². The van der Waals surface area contributed by atoms with Crippen LogP contribution in [0.5, 0.6) is 0 Å². The monoisotopic (exact) mass is 397 g/mol. The van der Waals surface area contributed by atoms with E-state index in [1.165, 1.54) is 0 Å². The molecule has 1 aromatic carbocycles. The van der Waals surface area contributed by atoms with E-state index in [1.807, 2.05) is 6.92 Å². The summed E-state index contributed by atoms with van der Waals surface area (Å²) in [6.45, 7) is 7.40. The fourth-order valence-electron chi connectivity index (χ4n) is 4.10. The number of benzene rings is 1. The molecule has 7 heteroatoms. The van der Waals surface area contributed by atoms with Gasteiger partial charge in [0.25, 0.3) is 0 Å². The molecule has 2 N–H and O–H groups in total. The van der Waals surface area contributed by atoms with Crippen molar-refractivity contribution in [2.24, 2.45) is 0 Å². The first-order valence-electron chi connectivity index (χ1n) is 8.26. The van der Waals surface area contributed by atoms with Crippen molar-refractivity contribution in [3.05, 3.63) is 56.3 Å². The van der Waals surface area contributed by atoms with Crippen LogP contribution >= 0.6 is 23.2 Å². The van der Waals surface area contributed by atoms with Crippen LogP contribution in [-0.2, 0) is 15.0 Å². The third-order valence-corrected chi connectivity index (χ3v) is 5.68. The maximum absolute atomic E-state index is 12.3.